The molecule has 0 aliphatic carbocycles. The van der Waals surface area contributed by atoms with E-state index in [2.05, 4.69) is 15.1 Å². The molecule has 0 radical (unpaired) electrons. The number of nitrogens with two attached hydrogens (primary N) is 1. The Kier molecular flexibility index (Phi) is 2.51. The number of hydrogen-bond acceptors (Lipinski definition) is 3. The van der Waals surface area contributed by atoms with E-state index in [9.17, 15) is 0 Å². The van der Waals surface area contributed by atoms with Gasteiger partial charge in [-0.1, -0.05) is 12.1 Å². The summed E-state index contributed by atoms with van der Waals surface area (Å²) in [5.41, 5.74) is 9.74. The Morgan fingerprint density at radius 3 is 2.83 bits per heavy atom. The maximum atomic E-state index is 5.87. The van der Waals surface area contributed by atoms with Gasteiger partial charge in [-0.05, 0) is 18.6 Å². The number of aromatic amines is 1. The van der Waals surface area contributed by atoms with Crippen molar-refractivity contribution in [2.24, 2.45) is 7.05 Å². The number of nitrogens with zero attached hydrogens (tertiary/aromatic N) is 3. The predicted octanol–water partition coefficient (Wildman–Crippen LogP) is 1.66. The van der Waals surface area contributed by atoms with E-state index in [1.54, 1.807) is 6.20 Å². The van der Waals surface area contributed by atoms with Gasteiger partial charge in [-0.2, -0.15) is 5.10 Å². The van der Waals surface area contributed by atoms with Crippen LogP contribution < -0.4 is 5.73 Å². The number of imidazole rings is 1. The quantitative estimate of drug-likeness (QED) is 0.732. The van der Waals surface area contributed by atoms with Gasteiger partial charge in [0.25, 0.3) is 0 Å². The van der Waals surface area contributed by atoms with E-state index in [0.717, 1.165) is 41.1 Å². The van der Waals surface area contributed by atoms with Gasteiger partial charge in [-0.25, -0.2) is 4.98 Å². The lowest BCUT2D eigenvalue weighted by Crippen LogP contribution is -2.03. The number of aromatic nitrogens is 4. The molecule has 18 heavy (non-hydrogen) atoms. The summed E-state index contributed by atoms with van der Waals surface area (Å²) < 4.78 is 1.82. The molecule has 0 saturated carbocycles. The monoisotopic (exact) mass is 241 g/mol. The third kappa shape index (κ3) is 1.84. The lowest BCUT2D eigenvalue weighted by molar-refractivity contribution is 0.698. The second-order valence-electron chi connectivity index (χ2n) is 4.37. The number of anilines is 1. The molecule has 3 rings (SSSR count). The first-order valence-electron chi connectivity index (χ1n) is 5.94. The van der Waals surface area contributed by atoms with E-state index in [1.807, 2.05) is 36.0 Å². The smallest absolute Gasteiger partial charge is 0.107 e. The molecule has 0 aliphatic heterocycles. The van der Waals surface area contributed by atoms with Crippen molar-refractivity contribution in [3.8, 4) is 0 Å². The lowest BCUT2D eigenvalue weighted by atomic mass is 10.2. The summed E-state index contributed by atoms with van der Waals surface area (Å²) in [4.78, 5) is 7.86. The van der Waals surface area contributed by atoms with E-state index >= 15 is 0 Å². The largest absolute Gasteiger partial charge is 0.396 e. The fourth-order valence-electron chi connectivity index (χ4n) is 2.15. The number of H-pyrrole nitrogens is 1. The van der Waals surface area contributed by atoms with E-state index < -0.39 is 0 Å². The molecule has 5 nitrogen and oxygen atoms in total. The Hall–Kier alpha value is -2.30. The summed E-state index contributed by atoms with van der Waals surface area (Å²) in [5.74, 6) is 0.983. The maximum Gasteiger partial charge on any atom is 0.107 e. The minimum absolute atomic E-state index is 0.744. The number of fused-ring (bicyclic) bond motifs is 1. The van der Waals surface area contributed by atoms with Gasteiger partial charge in [0.2, 0.25) is 0 Å². The molecule has 0 atom stereocenters. The summed E-state index contributed by atoms with van der Waals surface area (Å²) in [5, 5.41) is 4.13. The molecule has 2 heterocycles. The third-order valence-electron chi connectivity index (χ3n) is 3.13. The molecule has 0 saturated heterocycles. The van der Waals surface area contributed by atoms with Crippen LogP contribution in [0.4, 0.5) is 5.69 Å². The number of para-hydroxylation sites is 2. The summed E-state index contributed by atoms with van der Waals surface area (Å²) in [7, 11) is 1.91. The van der Waals surface area contributed by atoms with Crippen molar-refractivity contribution in [3.63, 3.8) is 0 Å². The summed E-state index contributed by atoms with van der Waals surface area (Å²) in [6, 6.07) is 8.04. The fourth-order valence-corrected chi connectivity index (χ4v) is 2.15. The zero-order valence-corrected chi connectivity index (χ0v) is 10.2. The van der Waals surface area contributed by atoms with Crippen LogP contribution in [0, 0.1) is 0 Å². The van der Waals surface area contributed by atoms with Crippen LogP contribution in [0.2, 0.25) is 0 Å². The van der Waals surface area contributed by atoms with Crippen molar-refractivity contribution in [1.29, 1.82) is 0 Å². The first-order chi connectivity index (χ1) is 8.74. The minimum Gasteiger partial charge on any atom is -0.396 e. The molecule has 1 aromatic carbocycles. The van der Waals surface area contributed by atoms with Crippen molar-refractivity contribution in [1.82, 2.24) is 19.7 Å². The number of rotatable bonds is 3. The Labute approximate surface area is 105 Å². The average molecular weight is 241 g/mol. The van der Waals surface area contributed by atoms with Gasteiger partial charge in [0.05, 0.1) is 28.6 Å². The van der Waals surface area contributed by atoms with Crippen LogP contribution in [0.25, 0.3) is 11.0 Å². The highest BCUT2D eigenvalue weighted by molar-refractivity contribution is 5.74. The van der Waals surface area contributed by atoms with Crippen LogP contribution in [0.5, 0.6) is 0 Å². The van der Waals surface area contributed by atoms with Gasteiger partial charge in [0, 0.05) is 13.5 Å². The second-order valence-corrected chi connectivity index (χ2v) is 4.37. The summed E-state index contributed by atoms with van der Waals surface area (Å²) in [6.45, 7) is 0. The van der Waals surface area contributed by atoms with Crippen LogP contribution in [0.15, 0.2) is 30.5 Å². The lowest BCUT2D eigenvalue weighted by Gasteiger charge is -2.01. The normalized spacial score (nSPS) is 11.2. The Bertz CT molecular complexity index is 627. The topological polar surface area (TPSA) is 72.5 Å². The molecule has 2 aromatic heterocycles. The van der Waals surface area contributed by atoms with Gasteiger partial charge < -0.3 is 10.7 Å². The van der Waals surface area contributed by atoms with Crippen LogP contribution in [-0.2, 0) is 19.9 Å². The fraction of sp³-hybridized carbons (Fsp3) is 0.231. The standard InChI is InChI=1S/C13H15N5/c1-18-12(9(14)8-15-18)6-7-13-16-10-4-2-3-5-11(10)17-13/h2-5,8H,6-7,14H2,1H3,(H,16,17). The molecule has 5 heteroatoms. The van der Waals surface area contributed by atoms with Crippen LogP contribution in [0.1, 0.15) is 11.5 Å². The predicted molar refractivity (Wildman–Crippen MR) is 71.1 cm³/mol. The van der Waals surface area contributed by atoms with Gasteiger partial charge in [0.15, 0.2) is 0 Å². The average Bonchev–Trinajstić information content (AvgIpc) is 2.91. The third-order valence-corrected chi connectivity index (χ3v) is 3.13. The maximum absolute atomic E-state index is 5.87. The molecule has 0 aliphatic rings. The summed E-state index contributed by atoms with van der Waals surface area (Å²) >= 11 is 0. The second kappa shape index (κ2) is 4.18. The first-order valence-corrected chi connectivity index (χ1v) is 5.94. The molecule has 0 bridgehead atoms. The number of benzene rings is 1. The highest BCUT2D eigenvalue weighted by atomic mass is 15.3. The van der Waals surface area contributed by atoms with Gasteiger partial charge in [-0.3, -0.25) is 4.68 Å². The molecule has 3 aromatic rings. The van der Waals surface area contributed by atoms with Crippen molar-refractivity contribution < 1.29 is 0 Å². The van der Waals surface area contributed by atoms with E-state index in [-0.39, 0.29) is 0 Å². The van der Waals surface area contributed by atoms with Gasteiger partial charge in [0.1, 0.15) is 5.82 Å². The van der Waals surface area contributed by atoms with Crippen LogP contribution in [0.3, 0.4) is 0 Å². The number of nitrogens with one attached hydrogen (secondary N) is 1. The molecule has 92 valence electrons. The van der Waals surface area contributed by atoms with Crippen LogP contribution >= 0.6 is 0 Å². The SMILES string of the molecule is Cn1ncc(N)c1CCc1nc2ccccc2[nH]1. The number of aryl methyl sites for hydroxylation is 2. The van der Waals surface area contributed by atoms with E-state index in [1.165, 1.54) is 0 Å². The Morgan fingerprint density at radius 1 is 1.28 bits per heavy atom. The zero-order chi connectivity index (χ0) is 12.5. The van der Waals surface area contributed by atoms with Crippen molar-refractivity contribution in [2.75, 3.05) is 5.73 Å². The Balaban J connectivity index is 1.81. The molecular weight excluding hydrogens is 226 g/mol. The van der Waals surface area contributed by atoms with Crippen molar-refractivity contribution >= 4 is 16.7 Å². The highest BCUT2D eigenvalue weighted by Crippen LogP contribution is 2.14. The first kappa shape index (κ1) is 10.8. The van der Waals surface area contributed by atoms with E-state index in [0.29, 0.717) is 0 Å². The van der Waals surface area contributed by atoms with Gasteiger partial charge in [-0.15, -0.1) is 0 Å². The zero-order valence-electron chi connectivity index (χ0n) is 10.2. The summed E-state index contributed by atoms with van der Waals surface area (Å²) in [6.07, 6.45) is 3.36. The molecule has 3 N–H and O–H groups in total. The molecule has 0 amide bonds. The Morgan fingerprint density at radius 2 is 2.11 bits per heavy atom. The molecular formula is C13H15N5. The van der Waals surface area contributed by atoms with Gasteiger partial charge >= 0.3 is 0 Å². The van der Waals surface area contributed by atoms with Crippen molar-refractivity contribution in [3.05, 3.63) is 42.0 Å². The molecule has 0 unspecified atom stereocenters. The highest BCUT2D eigenvalue weighted by Gasteiger charge is 2.07. The molecule has 0 spiro atoms. The van der Waals surface area contributed by atoms with Crippen molar-refractivity contribution in [2.45, 2.75) is 12.8 Å². The number of nitrogen functional groups attached to an aromatic ring is 1. The van der Waals surface area contributed by atoms with E-state index in [4.69, 9.17) is 5.73 Å². The molecule has 0 fully saturated rings. The van der Waals surface area contributed by atoms with Crippen LogP contribution in [-0.4, -0.2) is 19.7 Å². The number of hydrogen-bond donors (Lipinski definition) is 2. The minimum atomic E-state index is 0.744.